The molecule has 0 radical (unpaired) electrons. The van der Waals surface area contributed by atoms with E-state index in [0.29, 0.717) is 30.9 Å². The lowest BCUT2D eigenvalue weighted by atomic mass is 10.0. The Morgan fingerprint density at radius 2 is 1.71 bits per heavy atom. The number of benzene rings is 2. The maximum atomic E-state index is 12.5. The summed E-state index contributed by atoms with van der Waals surface area (Å²) in [5.41, 5.74) is 2.26. The van der Waals surface area contributed by atoms with Gasteiger partial charge in [0.1, 0.15) is 17.2 Å². The quantitative estimate of drug-likeness (QED) is 0.313. The van der Waals surface area contributed by atoms with Crippen molar-refractivity contribution >= 4 is 11.9 Å². The minimum atomic E-state index is -0.156. The van der Waals surface area contributed by atoms with Crippen molar-refractivity contribution in [3.63, 3.8) is 0 Å². The second-order valence-corrected chi connectivity index (χ2v) is 6.40. The molecule has 0 aromatic heterocycles. The van der Waals surface area contributed by atoms with Crippen LogP contribution in [-0.2, 0) is 6.42 Å². The summed E-state index contributed by atoms with van der Waals surface area (Å²) < 4.78 is 11.9. The monoisotopic (exact) mass is 380 g/mol. The number of hydrogen-bond donors (Lipinski definition) is 1. The van der Waals surface area contributed by atoms with Crippen LogP contribution in [0.15, 0.2) is 55.1 Å². The van der Waals surface area contributed by atoms with E-state index in [0.717, 1.165) is 29.7 Å². The summed E-state index contributed by atoms with van der Waals surface area (Å²) in [6, 6.07) is 10.1. The van der Waals surface area contributed by atoms with Gasteiger partial charge in [0.2, 0.25) is 0 Å². The molecule has 148 valence electrons. The number of ketones is 1. The number of carbonyl (C=O) groups excluding carboxylic acids is 1. The zero-order chi connectivity index (χ0) is 20.4. The number of aromatic hydroxyl groups is 1. The van der Waals surface area contributed by atoms with Crippen molar-refractivity contribution in [2.24, 2.45) is 0 Å². The van der Waals surface area contributed by atoms with Crippen molar-refractivity contribution in [1.82, 2.24) is 0 Å². The molecule has 0 saturated carbocycles. The van der Waals surface area contributed by atoms with E-state index in [4.69, 9.17) is 9.47 Å². The molecule has 0 heterocycles. The molecule has 0 atom stereocenters. The van der Waals surface area contributed by atoms with Crippen LogP contribution in [0.2, 0.25) is 0 Å². The fourth-order valence-corrected chi connectivity index (χ4v) is 2.69. The Bertz CT molecular complexity index is 819. The Morgan fingerprint density at radius 3 is 2.36 bits per heavy atom. The van der Waals surface area contributed by atoms with E-state index in [1.54, 1.807) is 18.2 Å². The van der Waals surface area contributed by atoms with E-state index in [-0.39, 0.29) is 11.5 Å². The van der Waals surface area contributed by atoms with Crippen LogP contribution < -0.4 is 9.47 Å². The maximum absolute atomic E-state index is 12.5. The van der Waals surface area contributed by atoms with Gasteiger partial charge in [-0.05, 0) is 67.3 Å². The predicted molar refractivity (Wildman–Crippen MR) is 113 cm³/mol. The summed E-state index contributed by atoms with van der Waals surface area (Å²) in [6.45, 7) is 9.08. The van der Waals surface area contributed by atoms with Crippen molar-refractivity contribution in [3.8, 4) is 17.2 Å². The van der Waals surface area contributed by atoms with Gasteiger partial charge >= 0.3 is 0 Å². The summed E-state index contributed by atoms with van der Waals surface area (Å²) in [4.78, 5) is 12.5. The number of carbonyl (C=O) groups is 1. The number of phenols is 1. The summed E-state index contributed by atoms with van der Waals surface area (Å²) in [5.74, 6) is 1.39. The Morgan fingerprint density at radius 1 is 1.04 bits per heavy atom. The van der Waals surface area contributed by atoms with Gasteiger partial charge in [-0.3, -0.25) is 4.79 Å². The average Bonchev–Trinajstić information content (AvgIpc) is 2.70. The molecule has 2 aromatic rings. The third kappa shape index (κ3) is 5.74. The molecule has 0 bridgehead atoms. The van der Waals surface area contributed by atoms with Crippen LogP contribution in [0.4, 0.5) is 0 Å². The highest BCUT2D eigenvalue weighted by molar-refractivity contribution is 6.07. The van der Waals surface area contributed by atoms with Crippen molar-refractivity contribution in [2.45, 2.75) is 33.1 Å². The smallest absolute Gasteiger partial charge is 0.185 e. The molecule has 4 heteroatoms. The number of allylic oxidation sites excluding steroid dienone is 2. The van der Waals surface area contributed by atoms with Gasteiger partial charge in [0.15, 0.2) is 5.78 Å². The van der Waals surface area contributed by atoms with Gasteiger partial charge < -0.3 is 14.6 Å². The molecule has 0 aliphatic heterocycles. The molecule has 1 N–H and O–H groups in total. The molecule has 0 aliphatic rings. The van der Waals surface area contributed by atoms with Crippen LogP contribution in [0.5, 0.6) is 17.2 Å². The lowest BCUT2D eigenvalue weighted by Crippen LogP contribution is -2.04. The summed E-state index contributed by atoms with van der Waals surface area (Å²) in [7, 11) is 0. The molecule has 2 aromatic carbocycles. The average molecular weight is 380 g/mol. The van der Waals surface area contributed by atoms with Gasteiger partial charge in [-0.1, -0.05) is 26.0 Å². The van der Waals surface area contributed by atoms with E-state index in [9.17, 15) is 9.90 Å². The summed E-state index contributed by atoms with van der Waals surface area (Å²) in [6.07, 6.45) is 7.52. The molecule has 0 unspecified atom stereocenters. The van der Waals surface area contributed by atoms with Gasteiger partial charge in [-0.2, -0.15) is 0 Å². The molecule has 0 fully saturated rings. The Hall–Kier alpha value is -3.01. The molecule has 4 nitrogen and oxygen atoms in total. The van der Waals surface area contributed by atoms with Crippen LogP contribution in [0.25, 0.3) is 6.08 Å². The highest BCUT2D eigenvalue weighted by Gasteiger charge is 2.14. The van der Waals surface area contributed by atoms with Gasteiger partial charge in [0.25, 0.3) is 0 Å². The molecule has 0 saturated heterocycles. The van der Waals surface area contributed by atoms with Gasteiger partial charge in [-0.25, -0.2) is 0 Å². The van der Waals surface area contributed by atoms with E-state index in [1.165, 1.54) is 18.2 Å². The van der Waals surface area contributed by atoms with Gasteiger partial charge in [0, 0.05) is 5.56 Å². The zero-order valence-corrected chi connectivity index (χ0v) is 16.6. The first-order chi connectivity index (χ1) is 13.6. The van der Waals surface area contributed by atoms with Crippen LogP contribution in [0, 0.1) is 0 Å². The minimum Gasteiger partial charge on any atom is -0.508 e. The molecular weight excluding hydrogens is 352 g/mol. The summed E-state index contributed by atoms with van der Waals surface area (Å²) in [5, 5.41) is 9.39. The van der Waals surface area contributed by atoms with E-state index in [2.05, 4.69) is 13.5 Å². The van der Waals surface area contributed by atoms with Crippen molar-refractivity contribution in [1.29, 1.82) is 0 Å². The van der Waals surface area contributed by atoms with Crippen LogP contribution in [0.1, 0.15) is 48.2 Å². The first-order valence-electron chi connectivity index (χ1n) is 9.64. The zero-order valence-electron chi connectivity index (χ0n) is 16.6. The third-order valence-electron chi connectivity index (χ3n) is 4.07. The second kappa shape index (κ2) is 11.0. The Labute approximate surface area is 167 Å². The second-order valence-electron chi connectivity index (χ2n) is 6.40. The topological polar surface area (TPSA) is 55.8 Å². The summed E-state index contributed by atoms with van der Waals surface area (Å²) >= 11 is 0. The third-order valence-corrected chi connectivity index (χ3v) is 4.07. The standard InChI is InChI=1S/C24H28O4/c1-4-7-19-10-15-23(27-16-5-2)21(24(19)28-17-6-3)13-14-22(26)18-8-11-20(25)12-9-18/h4,8-15,25H,1,5-7,16-17H2,2-3H3. The van der Waals surface area contributed by atoms with E-state index >= 15 is 0 Å². The maximum Gasteiger partial charge on any atom is 0.185 e. The fourth-order valence-electron chi connectivity index (χ4n) is 2.69. The van der Waals surface area contributed by atoms with Crippen LogP contribution >= 0.6 is 0 Å². The van der Waals surface area contributed by atoms with E-state index in [1.807, 2.05) is 25.1 Å². The number of phenolic OH excluding ortho intramolecular Hbond substituents is 1. The lowest BCUT2D eigenvalue weighted by molar-refractivity contribution is 0.104. The Kier molecular flexibility index (Phi) is 8.35. The molecule has 0 spiro atoms. The SMILES string of the molecule is C=CCc1ccc(OCCC)c(C=CC(=O)c2ccc(O)cc2)c1OCCC. The molecule has 2 rings (SSSR count). The first kappa shape index (κ1) is 21.3. The van der Waals surface area contributed by atoms with Gasteiger partial charge in [0.05, 0.1) is 18.8 Å². The van der Waals surface area contributed by atoms with Crippen molar-refractivity contribution in [2.75, 3.05) is 13.2 Å². The van der Waals surface area contributed by atoms with Crippen LogP contribution in [-0.4, -0.2) is 24.1 Å². The molecule has 28 heavy (non-hydrogen) atoms. The minimum absolute atomic E-state index is 0.128. The number of rotatable bonds is 11. The highest BCUT2D eigenvalue weighted by atomic mass is 16.5. The molecule has 0 amide bonds. The fraction of sp³-hybridized carbons (Fsp3) is 0.292. The van der Waals surface area contributed by atoms with Crippen LogP contribution in [0.3, 0.4) is 0 Å². The highest BCUT2D eigenvalue weighted by Crippen LogP contribution is 2.35. The predicted octanol–water partition coefficient (Wildman–Crippen LogP) is 5.59. The number of hydrogen-bond acceptors (Lipinski definition) is 4. The van der Waals surface area contributed by atoms with Crippen molar-refractivity contribution < 1.29 is 19.4 Å². The van der Waals surface area contributed by atoms with E-state index < -0.39 is 0 Å². The Balaban J connectivity index is 2.43. The first-order valence-corrected chi connectivity index (χ1v) is 9.64. The molecule has 0 aliphatic carbocycles. The largest absolute Gasteiger partial charge is 0.508 e. The molecular formula is C24H28O4. The number of ether oxygens (including phenoxy) is 2. The lowest BCUT2D eigenvalue weighted by Gasteiger charge is -2.17. The normalized spacial score (nSPS) is 10.8. The van der Waals surface area contributed by atoms with Crippen molar-refractivity contribution in [3.05, 3.63) is 71.8 Å². The van der Waals surface area contributed by atoms with Gasteiger partial charge in [-0.15, -0.1) is 6.58 Å².